The van der Waals surface area contributed by atoms with Gasteiger partial charge in [0.2, 0.25) is 5.16 Å². The first-order valence-corrected chi connectivity index (χ1v) is 10.8. The number of aromatic nitrogens is 4. The van der Waals surface area contributed by atoms with E-state index in [4.69, 9.17) is 4.74 Å². The number of thioether (sulfide) groups is 1. The average molecular weight is 420 g/mol. The van der Waals surface area contributed by atoms with Gasteiger partial charge in [0.25, 0.3) is 11.7 Å². The number of fused-ring (bicyclic) bond motifs is 1. The van der Waals surface area contributed by atoms with Crippen LogP contribution >= 0.6 is 23.1 Å². The van der Waals surface area contributed by atoms with Crippen molar-refractivity contribution in [1.82, 2.24) is 24.9 Å². The van der Waals surface area contributed by atoms with Crippen molar-refractivity contribution in [2.75, 3.05) is 6.26 Å². The van der Waals surface area contributed by atoms with Gasteiger partial charge in [0, 0.05) is 21.8 Å². The molecule has 1 N–H and O–H groups in total. The van der Waals surface area contributed by atoms with Crippen molar-refractivity contribution in [3.8, 4) is 0 Å². The van der Waals surface area contributed by atoms with Crippen LogP contribution in [0.5, 0.6) is 0 Å². The number of hydrogen-bond acceptors (Lipinski definition) is 8. The second-order valence-electron chi connectivity index (χ2n) is 6.18. The first-order valence-electron chi connectivity index (χ1n) is 8.65. The number of aryl methyl sites for hydroxylation is 2. The fourth-order valence-electron chi connectivity index (χ4n) is 2.70. The maximum Gasteiger partial charge on any atom is 0.311 e. The van der Waals surface area contributed by atoms with Gasteiger partial charge >= 0.3 is 5.97 Å². The lowest BCUT2D eigenvalue weighted by atomic mass is 10.1. The minimum atomic E-state index is -0.876. The lowest BCUT2D eigenvalue weighted by Gasteiger charge is -2.14. The molecule has 0 bridgehead atoms. The van der Waals surface area contributed by atoms with Crippen LogP contribution in [-0.4, -0.2) is 43.8 Å². The summed E-state index contributed by atoms with van der Waals surface area (Å²) in [6.07, 6.45) is 1.02. The van der Waals surface area contributed by atoms with Gasteiger partial charge in [0.05, 0.1) is 13.0 Å². The van der Waals surface area contributed by atoms with Crippen molar-refractivity contribution >= 4 is 40.8 Å². The molecular weight excluding hydrogens is 398 g/mol. The Hall–Kier alpha value is -2.46. The van der Waals surface area contributed by atoms with Crippen LogP contribution in [0.15, 0.2) is 22.7 Å². The molecular formula is C18H21N5O3S2. The molecule has 1 atom stereocenters. The van der Waals surface area contributed by atoms with E-state index in [1.165, 1.54) is 11.8 Å². The van der Waals surface area contributed by atoms with Crippen molar-refractivity contribution in [2.24, 2.45) is 0 Å². The van der Waals surface area contributed by atoms with E-state index < -0.39 is 12.1 Å². The zero-order valence-corrected chi connectivity index (χ0v) is 17.7. The number of amides is 1. The van der Waals surface area contributed by atoms with Gasteiger partial charge in [0.1, 0.15) is 0 Å². The van der Waals surface area contributed by atoms with Crippen molar-refractivity contribution < 1.29 is 14.3 Å². The molecule has 3 rings (SSSR count). The predicted molar refractivity (Wildman–Crippen MR) is 107 cm³/mol. The number of hydrogen-bond donors (Lipinski definition) is 1. The Morgan fingerprint density at radius 2 is 2.14 bits per heavy atom. The van der Waals surface area contributed by atoms with Crippen molar-refractivity contribution in [3.63, 3.8) is 0 Å². The van der Waals surface area contributed by atoms with Gasteiger partial charge in [-0.15, -0.1) is 16.4 Å². The van der Waals surface area contributed by atoms with Crippen LogP contribution in [0.3, 0.4) is 0 Å². The highest BCUT2D eigenvalue weighted by molar-refractivity contribution is 7.98. The number of esters is 1. The van der Waals surface area contributed by atoms with E-state index >= 15 is 0 Å². The molecule has 1 unspecified atom stereocenters. The summed E-state index contributed by atoms with van der Waals surface area (Å²) in [5.74, 6) is -0.321. The van der Waals surface area contributed by atoms with Gasteiger partial charge in [-0.1, -0.05) is 17.8 Å². The third-order valence-corrected chi connectivity index (χ3v) is 5.64. The van der Waals surface area contributed by atoms with E-state index in [1.54, 1.807) is 22.8 Å². The molecule has 8 nitrogen and oxygen atoms in total. The maximum atomic E-state index is 12.4. The molecule has 0 aliphatic heterocycles. The number of ether oxygens (including phenoxy) is 1. The van der Waals surface area contributed by atoms with Gasteiger partial charge in [0.15, 0.2) is 6.10 Å². The van der Waals surface area contributed by atoms with Gasteiger partial charge in [-0.2, -0.15) is 4.98 Å². The quantitative estimate of drug-likeness (QED) is 0.463. The topological polar surface area (TPSA) is 98.5 Å². The Balaban J connectivity index is 1.64. The highest BCUT2D eigenvalue weighted by Gasteiger charge is 2.21. The van der Waals surface area contributed by atoms with E-state index in [9.17, 15) is 9.59 Å². The number of carbonyl (C=O) groups is 2. The van der Waals surface area contributed by atoms with Crippen LogP contribution in [0.4, 0.5) is 0 Å². The minimum Gasteiger partial charge on any atom is -0.452 e. The van der Waals surface area contributed by atoms with Crippen LogP contribution in [0, 0.1) is 13.8 Å². The minimum absolute atomic E-state index is 0.0115. The third kappa shape index (κ3) is 4.50. The summed E-state index contributed by atoms with van der Waals surface area (Å²) >= 11 is 2.98. The zero-order valence-electron chi connectivity index (χ0n) is 16.1. The van der Waals surface area contributed by atoms with Crippen LogP contribution in [0.25, 0.3) is 5.78 Å². The SMILES string of the molecule is CSc1nc2nc(C)c(CC(=O)OC(C)C(=O)NCc3cccs3)c(C)n2n1. The summed E-state index contributed by atoms with van der Waals surface area (Å²) in [6, 6.07) is 3.85. The second-order valence-corrected chi connectivity index (χ2v) is 7.98. The Morgan fingerprint density at radius 3 is 2.82 bits per heavy atom. The molecule has 0 aliphatic rings. The summed E-state index contributed by atoms with van der Waals surface area (Å²) in [6.45, 7) is 5.66. The molecule has 0 aliphatic carbocycles. The van der Waals surface area contributed by atoms with E-state index in [0.717, 1.165) is 16.1 Å². The van der Waals surface area contributed by atoms with Gasteiger partial charge in [-0.05, 0) is 38.5 Å². The van der Waals surface area contributed by atoms with E-state index in [1.807, 2.05) is 37.6 Å². The van der Waals surface area contributed by atoms with Crippen molar-refractivity contribution in [3.05, 3.63) is 39.3 Å². The molecule has 0 radical (unpaired) electrons. The summed E-state index contributed by atoms with van der Waals surface area (Å²) in [7, 11) is 0. The smallest absolute Gasteiger partial charge is 0.311 e. The number of nitrogens with zero attached hydrogens (tertiary/aromatic N) is 4. The fraction of sp³-hybridized carbons (Fsp3) is 0.389. The van der Waals surface area contributed by atoms with E-state index in [0.29, 0.717) is 23.2 Å². The molecule has 0 spiro atoms. The number of nitrogens with one attached hydrogen (secondary N) is 1. The fourth-order valence-corrected chi connectivity index (χ4v) is 3.68. The molecule has 0 fully saturated rings. The van der Waals surface area contributed by atoms with Crippen LogP contribution in [-0.2, 0) is 27.3 Å². The molecule has 148 valence electrons. The first-order chi connectivity index (χ1) is 13.4. The molecule has 1 amide bonds. The third-order valence-electron chi connectivity index (χ3n) is 4.23. The highest BCUT2D eigenvalue weighted by Crippen LogP contribution is 2.17. The molecule has 10 heteroatoms. The van der Waals surface area contributed by atoms with Crippen LogP contribution in [0.1, 0.15) is 28.8 Å². The van der Waals surface area contributed by atoms with Gasteiger partial charge in [-0.25, -0.2) is 9.50 Å². The molecule has 0 saturated heterocycles. The van der Waals surface area contributed by atoms with Gasteiger partial charge < -0.3 is 10.1 Å². The molecule has 3 heterocycles. The monoisotopic (exact) mass is 419 g/mol. The van der Waals surface area contributed by atoms with E-state index in [2.05, 4.69) is 20.4 Å². The Kier molecular flexibility index (Phi) is 6.30. The first kappa shape index (κ1) is 20.3. The Bertz CT molecular complexity index is 1000. The summed E-state index contributed by atoms with van der Waals surface area (Å²) in [4.78, 5) is 34.3. The van der Waals surface area contributed by atoms with Gasteiger partial charge in [-0.3, -0.25) is 9.59 Å². The molecule has 0 saturated carbocycles. The average Bonchev–Trinajstić information content (AvgIpc) is 3.32. The predicted octanol–water partition coefficient (Wildman–Crippen LogP) is 2.32. The number of rotatable bonds is 7. The Labute approximate surface area is 170 Å². The number of thiophene rings is 1. The normalized spacial score (nSPS) is 12.1. The summed E-state index contributed by atoms with van der Waals surface area (Å²) < 4.78 is 6.93. The summed E-state index contributed by atoms with van der Waals surface area (Å²) in [5.41, 5.74) is 2.19. The molecule has 3 aromatic rings. The van der Waals surface area contributed by atoms with E-state index in [-0.39, 0.29) is 12.3 Å². The largest absolute Gasteiger partial charge is 0.452 e. The Morgan fingerprint density at radius 1 is 1.36 bits per heavy atom. The van der Waals surface area contributed by atoms with Crippen molar-refractivity contribution in [1.29, 1.82) is 0 Å². The molecule has 28 heavy (non-hydrogen) atoms. The zero-order chi connectivity index (χ0) is 20.3. The number of carbonyl (C=O) groups excluding carboxylic acids is 2. The van der Waals surface area contributed by atoms with Crippen LogP contribution < -0.4 is 5.32 Å². The highest BCUT2D eigenvalue weighted by atomic mass is 32.2. The van der Waals surface area contributed by atoms with Crippen molar-refractivity contribution in [2.45, 2.75) is 45.0 Å². The standard InChI is InChI=1S/C18H21N5O3S2/c1-10-14(11(2)23-17(20-10)21-18(22-23)27-4)8-15(24)26-12(3)16(25)19-9-13-6-5-7-28-13/h5-7,12H,8-9H2,1-4H3,(H,19,25). The lowest BCUT2D eigenvalue weighted by molar-refractivity contribution is -0.154. The summed E-state index contributed by atoms with van der Waals surface area (Å²) in [5, 5.41) is 9.69. The molecule has 0 aromatic carbocycles. The maximum absolute atomic E-state index is 12.4. The van der Waals surface area contributed by atoms with Crippen LogP contribution in [0.2, 0.25) is 0 Å². The second kappa shape index (κ2) is 8.70. The molecule has 3 aromatic heterocycles. The lowest BCUT2D eigenvalue weighted by Crippen LogP contribution is -2.35.